The molecular weight excluding hydrogens is 391 g/mol. The Balaban J connectivity index is 1.86. The highest BCUT2D eigenvalue weighted by atomic mass is 35.5. The van der Waals surface area contributed by atoms with Crippen molar-refractivity contribution in [2.45, 2.75) is 6.92 Å². The summed E-state index contributed by atoms with van der Waals surface area (Å²) in [7, 11) is 0. The molecule has 4 aromatic rings. The lowest BCUT2D eigenvalue weighted by atomic mass is 10.2. The number of rotatable bonds is 3. The van der Waals surface area contributed by atoms with Gasteiger partial charge in [-0.25, -0.2) is 9.38 Å². The minimum absolute atomic E-state index is 0.193. The van der Waals surface area contributed by atoms with E-state index in [1.807, 2.05) is 17.5 Å². The molecule has 4 nitrogen and oxygen atoms in total. The van der Waals surface area contributed by atoms with Gasteiger partial charge >= 0.3 is 5.56 Å². The molecule has 0 fully saturated rings. The Kier molecular flexibility index (Phi) is 4.44. The normalized spacial score (nSPS) is 11.0. The Hall–Kier alpha value is -2.34. The number of hydrogen-bond acceptors (Lipinski definition) is 4. The third-order valence-electron chi connectivity index (χ3n) is 3.87. The number of benzene rings is 2. The second-order valence-corrected chi connectivity index (χ2v) is 7.34. The summed E-state index contributed by atoms with van der Waals surface area (Å²) >= 11 is 13.3. The van der Waals surface area contributed by atoms with Crippen molar-refractivity contribution in [2.24, 2.45) is 0 Å². The fourth-order valence-electron chi connectivity index (χ4n) is 2.60. The molecular formula is C19H12Cl2N2O2S. The number of thiazole rings is 1. The van der Waals surface area contributed by atoms with Crippen LogP contribution in [0.5, 0.6) is 11.5 Å². The zero-order valence-electron chi connectivity index (χ0n) is 13.6. The quantitative estimate of drug-likeness (QED) is 0.432. The molecule has 0 N–H and O–H groups in total. The summed E-state index contributed by atoms with van der Waals surface area (Å²) < 4.78 is 7.37. The highest BCUT2D eigenvalue weighted by molar-refractivity contribution is 7.15. The van der Waals surface area contributed by atoms with Crippen LogP contribution < -0.4 is 10.3 Å². The molecule has 0 saturated heterocycles. The van der Waals surface area contributed by atoms with Gasteiger partial charge in [0.2, 0.25) is 5.75 Å². The summed E-state index contributed by atoms with van der Waals surface area (Å²) in [6.45, 7) is 1.76. The van der Waals surface area contributed by atoms with Gasteiger partial charge in [-0.15, -0.1) is 11.3 Å². The molecule has 0 unspecified atom stereocenters. The van der Waals surface area contributed by atoms with Crippen LogP contribution in [0.2, 0.25) is 10.0 Å². The van der Waals surface area contributed by atoms with Gasteiger partial charge in [0.05, 0.1) is 11.4 Å². The summed E-state index contributed by atoms with van der Waals surface area (Å²) in [5, 5.41) is 3.14. The molecule has 0 saturated carbocycles. The lowest BCUT2D eigenvalue weighted by Gasteiger charge is -2.09. The van der Waals surface area contributed by atoms with Crippen molar-refractivity contribution in [3.8, 4) is 22.8 Å². The molecule has 0 amide bonds. The lowest BCUT2D eigenvalue weighted by molar-refractivity contribution is 0.466. The summed E-state index contributed by atoms with van der Waals surface area (Å²) in [6.07, 6.45) is 0. The fraction of sp³-hybridized carbons (Fsp3) is 0.0526. The van der Waals surface area contributed by atoms with Crippen LogP contribution in [0.25, 0.3) is 16.2 Å². The van der Waals surface area contributed by atoms with Gasteiger partial charge in [-0.2, -0.15) is 0 Å². The van der Waals surface area contributed by atoms with E-state index in [0.717, 1.165) is 11.3 Å². The third kappa shape index (κ3) is 3.09. The highest BCUT2D eigenvalue weighted by Gasteiger charge is 2.17. The van der Waals surface area contributed by atoms with E-state index in [0.29, 0.717) is 26.4 Å². The Morgan fingerprint density at radius 2 is 1.62 bits per heavy atom. The molecule has 0 aliphatic rings. The standard InChI is InChI=1S/C19H12Cl2N2O2S/c1-11-17(25-15-8-6-14(21)7-9-15)18(24)23-16(10-26-19(23)22-11)12-2-4-13(20)5-3-12/h2-10H,1H3. The van der Waals surface area contributed by atoms with E-state index in [1.54, 1.807) is 47.7 Å². The second-order valence-electron chi connectivity index (χ2n) is 5.63. The second kappa shape index (κ2) is 6.76. The summed E-state index contributed by atoms with van der Waals surface area (Å²) in [5.74, 6) is 0.720. The molecule has 0 aliphatic carbocycles. The first-order valence-corrected chi connectivity index (χ1v) is 9.37. The Labute approximate surface area is 163 Å². The zero-order valence-corrected chi connectivity index (χ0v) is 15.9. The van der Waals surface area contributed by atoms with Gasteiger partial charge in [-0.05, 0) is 48.9 Å². The van der Waals surface area contributed by atoms with Gasteiger partial charge in [0.1, 0.15) is 5.75 Å². The van der Waals surface area contributed by atoms with Crippen molar-refractivity contribution in [1.29, 1.82) is 0 Å². The Bertz CT molecular complexity index is 1150. The first kappa shape index (κ1) is 17.1. The predicted molar refractivity (Wildman–Crippen MR) is 106 cm³/mol. The van der Waals surface area contributed by atoms with E-state index in [4.69, 9.17) is 27.9 Å². The van der Waals surface area contributed by atoms with Crippen molar-refractivity contribution in [3.63, 3.8) is 0 Å². The van der Waals surface area contributed by atoms with Crippen LogP contribution in [0, 0.1) is 6.92 Å². The van der Waals surface area contributed by atoms with Crippen LogP contribution in [-0.2, 0) is 0 Å². The molecule has 2 aromatic heterocycles. The van der Waals surface area contributed by atoms with E-state index < -0.39 is 0 Å². The van der Waals surface area contributed by atoms with Crippen molar-refractivity contribution >= 4 is 39.5 Å². The summed E-state index contributed by atoms with van der Waals surface area (Å²) in [4.78, 5) is 18.2. The topological polar surface area (TPSA) is 43.6 Å². The van der Waals surface area contributed by atoms with Gasteiger partial charge in [-0.3, -0.25) is 4.79 Å². The third-order valence-corrected chi connectivity index (χ3v) is 5.20. The molecule has 0 spiro atoms. The molecule has 0 aliphatic heterocycles. The maximum Gasteiger partial charge on any atom is 0.302 e. The van der Waals surface area contributed by atoms with Gasteiger partial charge in [0.25, 0.3) is 0 Å². The lowest BCUT2D eigenvalue weighted by Crippen LogP contribution is -2.17. The van der Waals surface area contributed by atoms with Crippen molar-refractivity contribution in [1.82, 2.24) is 9.38 Å². The Morgan fingerprint density at radius 3 is 2.27 bits per heavy atom. The van der Waals surface area contributed by atoms with E-state index in [-0.39, 0.29) is 11.3 Å². The van der Waals surface area contributed by atoms with Crippen LogP contribution >= 0.6 is 34.5 Å². The number of halogens is 2. The van der Waals surface area contributed by atoms with Gasteiger partial charge in [0.15, 0.2) is 4.96 Å². The van der Waals surface area contributed by atoms with E-state index >= 15 is 0 Å². The smallest absolute Gasteiger partial charge is 0.302 e. The van der Waals surface area contributed by atoms with Gasteiger partial charge in [-0.1, -0.05) is 35.3 Å². The fourth-order valence-corrected chi connectivity index (χ4v) is 3.78. The molecule has 4 rings (SSSR count). The van der Waals surface area contributed by atoms with Crippen LogP contribution in [0.3, 0.4) is 0 Å². The average molecular weight is 403 g/mol. The number of ether oxygens (including phenoxy) is 1. The molecule has 0 atom stereocenters. The molecule has 2 heterocycles. The monoisotopic (exact) mass is 402 g/mol. The molecule has 2 aromatic carbocycles. The summed E-state index contributed by atoms with van der Waals surface area (Å²) in [6, 6.07) is 14.2. The highest BCUT2D eigenvalue weighted by Crippen LogP contribution is 2.28. The minimum atomic E-state index is -0.256. The van der Waals surface area contributed by atoms with Crippen LogP contribution in [0.1, 0.15) is 5.69 Å². The number of hydrogen-bond donors (Lipinski definition) is 0. The maximum absolute atomic E-state index is 13.1. The average Bonchev–Trinajstić information content (AvgIpc) is 3.04. The molecule has 130 valence electrons. The van der Waals surface area contributed by atoms with E-state index in [9.17, 15) is 4.79 Å². The van der Waals surface area contributed by atoms with Crippen LogP contribution in [-0.4, -0.2) is 9.38 Å². The molecule has 0 bridgehead atoms. The zero-order chi connectivity index (χ0) is 18.3. The molecule has 0 radical (unpaired) electrons. The largest absolute Gasteiger partial charge is 0.450 e. The first-order valence-electron chi connectivity index (χ1n) is 7.73. The molecule has 26 heavy (non-hydrogen) atoms. The van der Waals surface area contributed by atoms with Crippen molar-refractivity contribution in [2.75, 3.05) is 0 Å². The maximum atomic E-state index is 13.1. The first-order chi connectivity index (χ1) is 12.5. The SMILES string of the molecule is Cc1nc2scc(-c3ccc(Cl)cc3)n2c(=O)c1Oc1ccc(Cl)cc1. The van der Waals surface area contributed by atoms with Gasteiger partial charge < -0.3 is 4.74 Å². The minimum Gasteiger partial charge on any atom is -0.450 e. The van der Waals surface area contributed by atoms with Crippen LogP contribution in [0.15, 0.2) is 58.7 Å². The van der Waals surface area contributed by atoms with E-state index in [2.05, 4.69) is 4.98 Å². The number of fused-ring (bicyclic) bond motifs is 1. The summed E-state index contributed by atoms with van der Waals surface area (Å²) in [5.41, 5.74) is 1.91. The van der Waals surface area contributed by atoms with Crippen molar-refractivity contribution < 1.29 is 4.74 Å². The van der Waals surface area contributed by atoms with E-state index in [1.165, 1.54) is 11.3 Å². The van der Waals surface area contributed by atoms with Crippen LogP contribution in [0.4, 0.5) is 0 Å². The molecule has 7 heteroatoms. The number of aryl methyl sites for hydroxylation is 1. The number of nitrogens with zero attached hydrogens (tertiary/aromatic N) is 2. The number of aromatic nitrogens is 2. The Morgan fingerprint density at radius 1 is 1.00 bits per heavy atom. The predicted octanol–water partition coefficient (Wildman–Crippen LogP) is 5.83. The van der Waals surface area contributed by atoms with Gasteiger partial charge in [0, 0.05) is 15.4 Å². The van der Waals surface area contributed by atoms with Crippen molar-refractivity contribution in [3.05, 3.63) is 80.0 Å².